The van der Waals surface area contributed by atoms with E-state index < -0.39 is 30.3 Å². The largest absolute Gasteiger partial charge is 0.394 e. The average molecular weight is 407 g/mol. The summed E-state index contributed by atoms with van der Waals surface area (Å²) in [6.45, 7) is -0.438. The van der Waals surface area contributed by atoms with Crippen molar-refractivity contribution in [2.75, 3.05) is 13.2 Å². The number of benzene rings is 1. The van der Waals surface area contributed by atoms with E-state index in [9.17, 15) is 18.7 Å². The lowest BCUT2D eigenvalue weighted by atomic mass is 10.2. The fraction of sp³-hybridized carbons (Fsp3) is 0.263. The molecule has 2 aromatic heterocycles. The van der Waals surface area contributed by atoms with Crippen LogP contribution in [0.25, 0.3) is 10.9 Å². The van der Waals surface area contributed by atoms with E-state index in [0.717, 1.165) is 12.1 Å². The SMILES string of the molecule is O=C(NO)c1cc2c(COCC(O)CO)cn(Cc3ccc(F)cc3F)c2cn1. The second-order valence-corrected chi connectivity index (χ2v) is 6.40. The highest BCUT2D eigenvalue weighted by Crippen LogP contribution is 2.24. The molecule has 154 valence electrons. The number of carbonyl (C=O) groups excluding carboxylic acids is 1. The predicted octanol–water partition coefficient (Wildman–Crippen LogP) is 1.35. The van der Waals surface area contributed by atoms with Gasteiger partial charge in [-0.3, -0.25) is 10.0 Å². The second kappa shape index (κ2) is 9.05. The van der Waals surface area contributed by atoms with Crippen molar-refractivity contribution in [3.63, 3.8) is 0 Å². The molecule has 1 aromatic carbocycles. The maximum atomic E-state index is 14.1. The van der Waals surface area contributed by atoms with Crippen LogP contribution in [0, 0.1) is 11.6 Å². The number of pyridine rings is 1. The van der Waals surface area contributed by atoms with Gasteiger partial charge in [0.25, 0.3) is 5.91 Å². The van der Waals surface area contributed by atoms with Crippen LogP contribution in [0.4, 0.5) is 8.78 Å². The molecule has 0 saturated carbocycles. The van der Waals surface area contributed by atoms with E-state index in [1.54, 1.807) is 10.8 Å². The van der Waals surface area contributed by atoms with Crippen molar-refractivity contribution in [3.8, 4) is 0 Å². The van der Waals surface area contributed by atoms with Crippen molar-refractivity contribution in [2.45, 2.75) is 19.3 Å². The van der Waals surface area contributed by atoms with E-state index >= 15 is 0 Å². The van der Waals surface area contributed by atoms with Crippen LogP contribution in [0.1, 0.15) is 21.6 Å². The first-order chi connectivity index (χ1) is 13.9. The van der Waals surface area contributed by atoms with Gasteiger partial charge in [-0.05, 0) is 12.1 Å². The summed E-state index contributed by atoms with van der Waals surface area (Å²) >= 11 is 0. The van der Waals surface area contributed by atoms with Crippen LogP contribution in [-0.4, -0.2) is 50.2 Å². The first-order valence-electron chi connectivity index (χ1n) is 8.65. The molecule has 10 heteroatoms. The van der Waals surface area contributed by atoms with E-state index in [2.05, 4.69) is 4.98 Å². The molecule has 4 N–H and O–H groups in total. The van der Waals surface area contributed by atoms with Gasteiger partial charge in [0.15, 0.2) is 0 Å². The van der Waals surface area contributed by atoms with Crippen molar-refractivity contribution in [1.82, 2.24) is 15.0 Å². The summed E-state index contributed by atoms with van der Waals surface area (Å²) in [5, 5.41) is 27.7. The van der Waals surface area contributed by atoms with Crippen LogP contribution in [-0.2, 0) is 17.9 Å². The molecule has 0 aliphatic carbocycles. The Morgan fingerprint density at radius 1 is 1.28 bits per heavy atom. The summed E-state index contributed by atoms with van der Waals surface area (Å²) in [6.07, 6.45) is 2.03. The van der Waals surface area contributed by atoms with Gasteiger partial charge >= 0.3 is 0 Å². The number of fused-ring (bicyclic) bond motifs is 1. The highest BCUT2D eigenvalue weighted by atomic mass is 19.1. The predicted molar refractivity (Wildman–Crippen MR) is 97.2 cm³/mol. The highest BCUT2D eigenvalue weighted by molar-refractivity contribution is 5.96. The molecule has 0 spiro atoms. The molecular weight excluding hydrogens is 388 g/mol. The Morgan fingerprint density at radius 3 is 2.76 bits per heavy atom. The maximum Gasteiger partial charge on any atom is 0.293 e. The van der Waals surface area contributed by atoms with E-state index in [0.29, 0.717) is 16.5 Å². The molecule has 0 aliphatic rings. The third-order valence-corrected chi connectivity index (χ3v) is 4.32. The number of hydrogen-bond acceptors (Lipinski definition) is 6. The number of nitrogens with zero attached hydrogens (tertiary/aromatic N) is 2. The molecule has 3 rings (SSSR count). The van der Waals surface area contributed by atoms with Crippen molar-refractivity contribution in [2.24, 2.45) is 0 Å². The monoisotopic (exact) mass is 407 g/mol. The summed E-state index contributed by atoms with van der Waals surface area (Å²) in [5.41, 5.74) is 2.89. The Labute approximate surface area is 163 Å². The molecule has 0 bridgehead atoms. The Kier molecular flexibility index (Phi) is 6.49. The van der Waals surface area contributed by atoms with E-state index in [1.165, 1.54) is 23.8 Å². The zero-order valence-electron chi connectivity index (χ0n) is 15.2. The number of hydroxylamine groups is 1. The molecule has 1 amide bonds. The molecule has 0 fully saturated rings. The number of rotatable bonds is 8. The summed E-state index contributed by atoms with van der Waals surface area (Å²) < 4.78 is 34.3. The third kappa shape index (κ3) is 4.74. The fourth-order valence-electron chi connectivity index (χ4n) is 2.88. The van der Waals surface area contributed by atoms with Gasteiger partial charge in [0.2, 0.25) is 0 Å². The first-order valence-corrected chi connectivity index (χ1v) is 8.65. The number of hydrogen-bond donors (Lipinski definition) is 4. The lowest BCUT2D eigenvalue weighted by Gasteiger charge is -2.07. The zero-order valence-corrected chi connectivity index (χ0v) is 15.2. The second-order valence-electron chi connectivity index (χ2n) is 6.40. The number of aliphatic hydroxyl groups excluding tert-OH is 2. The lowest BCUT2D eigenvalue weighted by molar-refractivity contribution is 0.000280. The van der Waals surface area contributed by atoms with Gasteiger partial charge in [-0.1, -0.05) is 6.07 Å². The van der Waals surface area contributed by atoms with Gasteiger partial charge < -0.3 is 19.5 Å². The van der Waals surface area contributed by atoms with E-state index in [1.807, 2.05) is 0 Å². The van der Waals surface area contributed by atoms with E-state index in [4.69, 9.17) is 15.1 Å². The molecule has 29 heavy (non-hydrogen) atoms. The van der Waals surface area contributed by atoms with Crippen molar-refractivity contribution >= 4 is 16.8 Å². The number of ether oxygens (including phenoxy) is 1. The first kappa shape index (κ1) is 20.8. The molecule has 8 nitrogen and oxygen atoms in total. The Morgan fingerprint density at radius 2 is 2.07 bits per heavy atom. The van der Waals surface area contributed by atoms with Crippen molar-refractivity contribution in [3.05, 3.63) is 65.1 Å². The van der Waals surface area contributed by atoms with Gasteiger partial charge in [-0.25, -0.2) is 19.2 Å². The molecule has 1 unspecified atom stereocenters. The number of aromatic nitrogens is 2. The minimum Gasteiger partial charge on any atom is -0.394 e. The minimum absolute atomic E-state index is 0.0384. The molecule has 0 saturated heterocycles. The van der Waals surface area contributed by atoms with Crippen LogP contribution in [0.3, 0.4) is 0 Å². The Bertz CT molecular complexity index is 1020. The molecule has 2 heterocycles. The summed E-state index contributed by atoms with van der Waals surface area (Å²) in [4.78, 5) is 15.7. The number of halogens is 2. The number of aliphatic hydroxyl groups is 2. The van der Waals surface area contributed by atoms with Crippen LogP contribution in [0.15, 0.2) is 36.7 Å². The topological polar surface area (TPSA) is 117 Å². The molecule has 1 atom stereocenters. The number of amides is 1. The van der Waals surface area contributed by atoms with Crippen molar-refractivity contribution in [1.29, 1.82) is 0 Å². The molecule has 3 aromatic rings. The maximum absolute atomic E-state index is 14.1. The van der Waals surface area contributed by atoms with Gasteiger partial charge in [0.05, 0.1) is 38.1 Å². The molecular formula is C19H19F2N3O5. The third-order valence-electron chi connectivity index (χ3n) is 4.32. The average Bonchev–Trinajstić information content (AvgIpc) is 3.06. The standard InChI is InChI=1S/C19H19F2N3O5/c20-13-2-1-11(16(21)3-13)6-24-7-12(9-29-10-14(26)8-25)15-4-17(19(27)23-28)22-5-18(15)24/h1-5,7,14,25-26,28H,6,8-10H2,(H,23,27). The van der Waals surface area contributed by atoms with E-state index in [-0.39, 0.29) is 31.0 Å². The van der Waals surface area contributed by atoms with Gasteiger partial charge in [-0.2, -0.15) is 0 Å². The van der Waals surface area contributed by atoms with Gasteiger partial charge in [-0.15, -0.1) is 0 Å². The summed E-state index contributed by atoms with van der Waals surface area (Å²) in [6, 6.07) is 4.74. The number of nitrogens with one attached hydrogen (secondary N) is 1. The fourth-order valence-corrected chi connectivity index (χ4v) is 2.88. The Hall–Kier alpha value is -2.92. The quantitative estimate of drug-likeness (QED) is 0.331. The van der Waals surface area contributed by atoms with Crippen LogP contribution >= 0.6 is 0 Å². The van der Waals surface area contributed by atoms with Gasteiger partial charge in [0, 0.05) is 28.8 Å². The summed E-state index contributed by atoms with van der Waals surface area (Å²) in [5.74, 6) is -2.17. The van der Waals surface area contributed by atoms with Crippen molar-refractivity contribution < 1.29 is 33.7 Å². The number of carbonyl (C=O) groups is 1. The zero-order chi connectivity index (χ0) is 21.0. The molecule has 0 radical (unpaired) electrons. The van der Waals surface area contributed by atoms with Crippen LogP contribution in [0.2, 0.25) is 0 Å². The summed E-state index contributed by atoms with van der Waals surface area (Å²) in [7, 11) is 0. The minimum atomic E-state index is -1.03. The molecule has 0 aliphatic heterocycles. The lowest BCUT2D eigenvalue weighted by Crippen LogP contribution is -2.20. The van der Waals surface area contributed by atoms with Gasteiger partial charge in [0.1, 0.15) is 23.4 Å². The van der Waals surface area contributed by atoms with Crippen LogP contribution in [0.5, 0.6) is 0 Å². The Balaban J connectivity index is 1.97. The highest BCUT2D eigenvalue weighted by Gasteiger charge is 2.15. The van der Waals surface area contributed by atoms with Crippen LogP contribution < -0.4 is 5.48 Å². The smallest absolute Gasteiger partial charge is 0.293 e. The normalized spacial score (nSPS) is 12.3.